The molecule has 0 saturated carbocycles. The molecule has 1 rings (SSSR count). The fraction of sp³-hybridized carbons (Fsp3) is 0.923. The second-order valence-corrected chi connectivity index (χ2v) is 6.59. The van der Waals surface area contributed by atoms with Crippen LogP contribution in [0.3, 0.4) is 0 Å². The Hall–Kier alpha value is -0.240. The molecule has 9 heteroatoms. The molecule has 134 valence electrons. The molecule has 1 heterocycles. The summed E-state index contributed by atoms with van der Waals surface area (Å²) >= 11 is 0. The Labute approximate surface area is 142 Å². The third kappa shape index (κ3) is 8.41. The Bertz CT molecular complexity index is 348. The summed E-state index contributed by atoms with van der Waals surface area (Å²) in [4.78, 5) is 13.2. The lowest BCUT2D eigenvalue weighted by atomic mass is 9.87. The van der Waals surface area contributed by atoms with E-state index >= 15 is 0 Å². The average Bonchev–Trinajstić information content (AvgIpc) is 2.68. The highest BCUT2D eigenvalue weighted by molar-refractivity contribution is 5.85. The highest BCUT2D eigenvalue weighted by Crippen LogP contribution is 2.22. The summed E-state index contributed by atoms with van der Waals surface area (Å²) in [6.07, 6.45) is -3.49. The Morgan fingerprint density at radius 3 is 2.32 bits per heavy atom. The van der Waals surface area contributed by atoms with E-state index in [-0.39, 0.29) is 42.1 Å². The lowest BCUT2D eigenvalue weighted by Gasteiger charge is -2.26. The molecule has 0 radical (unpaired) electrons. The van der Waals surface area contributed by atoms with E-state index in [1.54, 1.807) is 0 Å². The molecule has 0 aromatic heterocycles. The molecule has 1 saturated heterocycles. The van der Waals surface area contributed by atoms with Gasteiger partial charge in [0.25, 0.3) is 0 Å². The summed E-state index contributed by atoms with van der Waals surface area (Å²) in [5.74, 6) is -0.180. The summed E-state index contributed by atoms with van der Waals surface area (Å²) in [5.41, 5.74) is 5.49. The molecule has 0 aromatic rings. The van der Waals surface area contributed by atoms with Gasteiger partial charge in [-0.3, -0.25) is 9.69 Å². The lowest BCUT2D eigenvalue weighted by molar-refractivity contribution is -0.143. The van der Waals surface area contributed by atoms with Crippen LogP contribution in [0.25, 0.3) is 0 Å². The van der Waals surface area contributed by atoms with Gasteiger partial charge < -0.3 is 11.1 Å². The molecule has 3 N–H and O–H groups in total. The first-order chi connectivity index (χ1) is 8.99. The van der Waals surface area contributed by atoms with Gasteiger partial charge in [0.1, 0.15) is 0 Å². The van der Waals surface area contributed by atoms with Gasteiger partial charge in [-0.2, -0.15) is 13.2 Å². The van der Waals surface area contributed by atoms with E-state index in [9.17, 15) is 18.0 Å². The highest BCUT2D eigenvalue weighted by atomic mass is 35.5. The number of halogens is 5. The van der Waals surface area contributed by atoms with Crippen LogP contribution in [0.2, 0.25) is 0 Å². The predicted octanol–water partition coefficient (Wildman–Crippen LogP) is 2.20. The minimum Gasteiger partial charge on any atom is -0.354 e. The third-order valence-corrected chi connectivity index (χ3v) is 3.55. The van der Waals surface area contributed by atoms with Gasteiger partial charge in [-0.15, -0.1) is 24.8 Å². The van der Waals surface area contributed by atoms with Gasteiger partial charge in [0.15, 0.2) is 0 Å². The van der Waals surface area contributed by atoms with Crippen molar-refractivity contribution in [2.75, 3.05) is 26.2 Å². The Morgan fingerprint density at radius 1 is 1.32 bits per heavy atom. The number of likely N-dealkylation sites (tertiary alicyclic amines) is 1. The van der Waals surface area contributed by atoms with E-state index in [2.05, 4.69) is 5.32 Å². The van der Waals surface area contributed by atoms with Crippen molar-refractivity contribution in [1.82, 2.24) is 10.2 Å². The molecular formula is C13H26Cl2F3N3O. The maximum absolute atomic E-state index is 12.3. The maximum atomic E-state index is 12.3. The van der Waals surface area contributed by atoms with E-state index in [4.69, 9.17) is 5.73 Å². The number of rotatable bonds is 4. The molecule has 1 aliphatic heterocycles. The van der Waals surface area contributed by atoms with E-state index in [1.165, 1.54) is 4.90 Å². The zero-order valence-electron chi connectivity index (χ0n) is 13.1. The van der Waals surface area contributed by atoms with Crippen molar-refractivity contribution in [3.05, 3.63) is 0 Å². The first-order valence-corrected chi connectivity index (χ1v) is 6.81. The summed E-state index contributed by atoms with van der Waals surface area (Å²) in [6.45, 7) is 5.92. The van der Waals surface area contributed by atoms with E-state index in [0.29, 0.717) is 26.1 Å². The van der Waals surface area contributed by atoms with Crippen LogP contribution in [0.4, 0.5) is 13.2 Å². The number of hydrogen-bond donors (Lipinski definition) is 2. The molecule has 1 fully saturated rings. The minimum atomic E-state index is -4.16. The maximum Gasteiger partial charge on any atom is 0.401 e. The number of nitrogens with one attached hydrogen (secondary N) is 1. The Kier molecular flexibility index (Phi) is 9.99. The number of alkyl halides is 3. The Balaban J connectivity index is 0. The summed E-state index contributed by atoms with van der Waals surface area (Å²) < 4.78 is 36.8. The lowest BCUT2D eigenvalue weighted by Crippen LogP contribution is -2.49. The number of hydrogen-bond acceptors (Lipinski definition) is 3. The van der Waals surface area contributed by atoms with Gasteiger partial charge in [-0.25, -0.2) is 0 Å². The van der Waals surface area contributed by atoms with Crippen molar-refractivity contribution >= 4 is 30.7 Å². The van der Waals surface area contributed by atoms with Crippen molar-refractivity contribution in [2.45, 2.75) is 39.4 Å². The molecule has 1 amide bonds. The second kappa shape index (κ2) is 9.15. The standard InChI is InChI=1S/C13H24F3N3O.2ClH/c1-12(2,3)10(17)11(20)18-6-9-4-5-19(7-9)8-13(14,15)16;;/h9-10H,4-8,17H2,1-3H3,(H,18,20);2*1H/t9?,10-;;/m1../s1. The van der Waals surface area contributed by atoms with E-state index < -0.39 is 18.8 Å². The Morgan fingerprint density at radius 2 is 1.86 bits per heavy atom. The molecule has 0 aliphatic carbocycles. The SMILES string of the molecule is CC(C)(C)[C@H](N)C(=O)NCC1CCN(CC(F)(F)F)C1.Cl.Cl. The van der Waals surface area contributed by atoms with Crippen molar-refractivity contribution in [1.29, 1.82) is 0 Å². The fourth-order valence-corrected chi connectivity index (χ4v) is 2.22. The van der Waals surface area contributed by atoms with Gasteiger partial charge in [0.05, 0.1) is 12.6 Å². The summed E-state index contributed by atoms with van der Waals surface area (Å²) in [6, 6.07) is -0.616. The molecule has 0 aromatic carbocycles. The number of nitrogens with two attached hydrogens (primary N) is 1. The van der Waals surface area contributed by atoms with Gasteiger partial charge in [-0.1, -0.05) is 20.8 Å². The average molecular weight is 368 g/mol. The predicted molar refractivity (Wildman–Crippen MR) is 85.5 cm³/mol. The molecule has 0 spiro atoms. The number of carbonyl (C=O) groups is 1. The highest BCUT2D eigenvalue weighted by Gasteiger charge is 2.34. The normalized spacial score (nSPS) is 20.8. The summed E-state index contributed by atoms with van der Waals surface area (Å²) in [7, 11) is 0. The molecule has 22 heavy (non-hydrogen) atoms. The third-order valence-electron chi connectivity index (χ3n) is 3.55. The van der Waals surface area contributed by atoms with E-state index in [0.717, 1.165) is 0 Å². The van der Waals surface area contributed by atoms with Gasteiger partial charge >= 0.3 is 6.18 Å². The van der Waals surface area contributed by atoms with Crippen LogP contribution in [0.5, 0.6) is 0 Å². The van der Waals surface area contributed by atoms with Gasteiger partial charge in [0, 0.05) is 13.1 Å². The fourth-order valence-electron chi connectivity index (χ4n) is 2.22. The quantitative estimate of drug-likeness (QED) is 0.800. The monoisotopic (exact) mass is 367 g/mol. The van der Waals surface area contributed by atoms with Crippen LogP contribution < -0.4 is 11.1 Å². The topological polar surface area (TPSA) is 58.4 Å². The first-order valence-electron chi connectivity index (χ1n) is 6.81. The largest absolute Gasteiger partial charge is 0.401 e. The molecule has 2 atom stereocenters. The smallest absolute Gasteiger partial charge is 0.354 e. The van der Waals surface area contributed by atoms with Crippen molar-refractivity contribution in [3.8, 4) is 0 Å². The molecule has 4 nitrogen and oxygen atoms in total. The zero-order chi connectivity index (χ0) is 15.6. The molecular weight excluding hydrogens is 342 g/mol. The minimum absolute atomic E-state index is 0. The van der Waals surface area contributed by atoms with Crippen LogP contribution in [-0.2, 0) is 4.79 Å². The van der Waals surface area contributed by atoms with Gasteiger partial charge in [0.2, 0.25) is 5.91 Å². The van der Waals surface area contributed by atoms with Gasteiger partial charge in [-0.05, 0) is 24.3 Å². The summed E-state index contributed by atoms with van der Waals surface area (Å²) in [5, 5.41) is 2.74. The van der Waals surface area contributed by atoms with Crippen LogP contribution in [0.1, 0.15) is 27.2 Å². The first kappa shape index (κ1) is 24.0. The van der Waals surface area contributed by atoms with Crippen LogP contribution in [0.15, 0.2) is 0 Å². The van der Waals surface area contributed by atoms with Crippen molar-refractivity contribution < 1.29 is 18.0 Å². The van der Waals surface area contributed by atoms with E-state index in [1.807, 2.05) is 20.8 Å². The zero-order valence-corrected chi connectivity index (χ0v) is 14.7. The number of amides is 1. The van der Waals surface area contributed by atoms with Crippen LogP contribution in [-0.4, -0.2) is 49.2 Å². The second-order valence-electron chi connectivity index (χ2n) is 6.59. The van der Waals surface area contributed by atoms with Crippen LogP contribution >= 0.6 is 24.8 Å². The molecule has 1 aliphatic rings. The van der Waals surface area contributed by atoms with Crippen molar-refractivity contribution in [2.24, 2.45) is 17.1 Å². The van der Waals surface area contributed by atoms with Crippen LogP contribution in [0, 0.1) is 11.3 Å². The number of nitrogens with zero attached hydrogens (tertiary/aromatic N) is 1. The number of carbonyl (C=O) groups excluding carboxylic acids is 1. The molecule has 0 bridgehead atoms. The van der Waals surface area contributed by atoms with Crippen molar-refractivity contribution in [3.63, 3.8) is 0 Å². The molecule has 1 unspecified atom stereocenters.